The van der Waals surface area contributed by atoms with E-state index >= 15 is 0 Å². The molecule has 1 aliphatic rings. The Morgan fingerprint density at radius 2 is 1.70 bits per heavy atom. The maximum absolute atomic E-state index is 12.6. The van der Waals surface area contributed by atoms with Crippen LogP contribution >= 0.6 is 11.3 Å². The van der Waals surface area contributed by atoms with Crippen molar-refractivity contribution in [3.63, 3.8) is 0 Å². The van der Waals surface area contributed by atoms with E-state index in [9.17, 15) is 22.8 Å². The third-order valence-corrected chi connectivity index (χ3v) is 5.17. The molecule has 0 spiro atoms. The maximum atomic E-state index is 12.6. The zero-order chi connectivity index (χ0) is 19.4. The van der Waals surface area contributed by atoms with Crippen LogP contribution in [0.15, 0.2) is 41.8 Å². The van der Waals surface area contributed by atoms with Crippen molar-refractivity contribution in [3.8, 4) is 0 Å². The van der Waals surface area contributed by atoms with E-state index in [1.165, 1.54) is 23.5 Å². The Morgan fingerprint density at radius 3 is 2.26 bits per heavy atom. The molecule has 1 aliphatic heterocycles. The van der Waals surface area contributed by atoms with Crippen LogP contribution in [-0.4, -0.2) is 29.9 Å². The van der Waals surface area contributed by atoms with Crippen LogP contribution in [0.3, 0.4) is 0 Å². The van der Waals surface area contributed by atoms with Crippen molar-refractivity contribution >= 4 is 34.0 Å². The maximum Gasteiger partial charge on any atom is 0.416 e. The third-order valence-electron chi connectivity index (χ3n) is 4.38. The number of alkyl halides is 3. The van der Waals surface area contributed by atoms with E-state index in [0.29, 0.717) is 31.6 Å². The Hall–Kier alpha value is -2.55. The van der Waals surface area contributed by atoms with E-state index < -0.39 is 11.7 Å². The molecule has 144 valence electrons. The van der Waals surface area contributed by atoms with E-state index in [-0.39, 0.29) is 17.9 Å². The van der Waals surface area contributed by atoms with E-state index in [1.54, 1.807) is 4.90 Å². The number of benzene rings is 1. The summed E-state index contributed by atoms with van der Waals surface area (Å²) < 4.78 is 37.7. The molecule has 2 aromatic rings. The van der Waals surface area contributed by atoms with Gasteiger partial charge in [0.15, 0.2) is 0 Å². The fourth-order valence-corrected chi connectivity index (χ4v) is 3.47. The second kappa shape index (κ2) is 7.99. The topological polar surface area (TPSA) is 61.4 Å². The molecular formula is C18H18F3N3O2S. The normalized spacial score (nSPS) is 15.4. The van der Waals surface area contributed by atoms with Gasteiger partial charge in [-0.3, -0.25) is 10.1 Å². The van der Waals surface area contributed by atoms with Crippen LogP contribution in [0.4, 0.5) is 28.7 Å². The van der Waals surface area contributed by atoms with Crippen molar-refractivity contribution in [2.24, 2.45) is 5.92 Å². The number of nitrogens with zero attached hydrogens (tertiary/aromatic N) is 1. The van der Waals surface area contributed by atoms with Gasteiger partial charge in [-0.2, -0.15) is 13.2 Å². The summed E-state index contributed by atoms with van der Waals surface area (Å²) in [7, 11) is 0. The average Bonchev–Trinajstić information content (AvgIpc) is 3.14. The SMILES string of the molecule is O=C(Nc1ccc(C(F)(F)F)cc1)C1CCN(C(=O)Nc2cccs2)CC1. The second-order valence-corrected chi connectivity index (χ2v) is 7.18. The third kappa shape index (κ3) is 5.00. The molecule has 9 heteroatoms. The number of piperidine rings is 1. The predicted molar refractivity (Wildman–Crippen MR) is 97.7 cm³/mol. The highest BCUT2D eigenvalue weighted by Crippen LogP contribution is 2.30. The van der Waals surface area contributed by atoms with Crippen molar-refractivity contribution in [2.75, 3.05) is 23.7 Å². The molecule has 0 saturated carbocycles. The molecule has 1 saturated heterocycles. The monoisotopic (exact) mass is 397 g/mol. The Balaban J connectivity index is 1.49. The summed E-state index contributed by atoms with van der Waals surface area (Å²) in [5.74, 6) is -0.522. The summed E-state index contributed by atoms with van der Waals surface area (Å²) >= 11 is 1.43. The molecule has 1 aromatic carbocycles. The highest BCUT2D eigenvalue weighted by Gasteiger charge is 2.30. The van der Waals surface area contributed by atoms with Gasteiger partial charge in [0.25, 0.3) is 0 Å². The van der Waals surface area contributed by atoms with Gasteiger partial charge >= 0.3 is 12.2 Å². The van der Waals surface area contributed by atoms with Gasteiger partial charge in [-0.1, -0.05) is 0 Å². The zero-order valence-electron chi connectivity index (χ0n) is 14.3. The van der Waals surface area contributed by atoms with Gasteiger partial charge in [0.1, 0.15) is 0 Å². The lowest BCUT2D eigenvalue weighted by Gasteiger charge is -2.31. The summed E-state index contributed by atoms with van der Waals surface area (Å²) in [6, 6.07) is 7.82. The first-order chi connectivity index (χ1) is 12.8. The smallest absolute Gasteiger partial charge is 0.326 e. The van der Waals surface area contributed by atoms with Gasteiger partial charge in [0, 0.05) is 24.7 Å². The molecular weight excluding hydrogens is 379 g/mol. The number of thiophene rings is 1. The zero-order valence-corrected chi connectivity index (χ0v) is 15.1. The van der Waals surface area contributed by atoms with Gasteiger partial charge in [-0.25, -0.2) is 4.79 Å². The molecule has 1 fully saturated rings. The Labute approximate surface area is 158 Å². The number of amides is 3. The number of hydrogen-bond donors (Lipinski definition) is 2. The number of urea groups is 1. The first kappa shape index (κ1) is 19.2. The molecule has 27 heavy (non-hydrogen) atoms. The molecule has 0 unspecified atom stereocenters. The molecule has 3 rings (SSSR count). The van der Waals surface area contributed by atoms with Crippen LogP contribution in [0.1, 0.15) is 18.4 Å². The second-order valence-electron chi connectivity index (χ2n) is 6.23. The first-order valence-electron chi connectivity index (χ1n) is 8.40. The summed E-state index contributed by atoms with van der Waals surface area (Å²) in [5, 5.41) is 8.09. The molecule has 1 aromatic heterocycles. The predicted octanol–water partition coefficient (Wildman–Crippen LogP) is 4.65. The molecule has 0 aliphatic carbocycles. The molecule has 0 bridgehead atoms. The first-order valence-corrected chi connectivity index (χ1v) is 9.28. The van der Waals surface area contributed by atoms with E-state index in [4.69, 9.17) is 0 Å². The number of carbonyl (C=O) groups is 2. The highest BCUT2D eigenvalue weighted by molar-refractivity contribution is 7.14. The fraction of sp³-hybridized carbons (Fsp3) is 0.333. The summed E-state index contributed by atoms with van der Waals surface area (Å²) in [5.41, 5.74) is -0.434. The summed E-state index contributed by atoms with van der Waals surface area (Å²) in [4.78, 5) is 26.2. The summed E-state index contributed by atoms with van der Waals surface area (Å²) in [6.45, 7) is 0.893. The van der Waals surface area contributed by atoms with Crippen LogP contribution in [0.2, 0.25) is 0 Å². The van der Waals surface area contributed by atoms with Crippen LogP contribution in [0.5, 0.6) is 0 Å². The van der Waals surface area contributed by atoms with Crippen molar-refractivity contribution < 1.29 is 22.8 Å². The van der Waals surface area contributed by atoms with Gasteiger partial charge in [-0.05, 0) is 54.6 Å². The fourth-order valence-electron chi connectivity index (χ4n) is 2.87. The molecule has 2 N–H and O–H groups in total. The number of halogens is 3. The van der Waals surface area contributed by atoms with Crippen molar-refractivity contribution in [2.45, 2.75) is 19.0 Å². The molecule has 0 radical (unpaired) electrons. The van der Waals surface area contributed by atoms with Crippen LogP contribution in [-0.2, 0) is 11.0 Å². The minimum atomic E-state index is -4.40. The number of hydrogen-bond acceptors (Lipinski definition) is 3. The number of rotatable bonds is 3. The van der Waals surface area contributed by atoms with Gasteiger partial charge < -0.3 is 10.2 Å². The number of anilines is 2. The lowest BCUT2D eigenvalue weighted by atomic mass is 9.96. The minimum absolute atomic E-state index is 0.195. The van der Waals surface area contributed by atoms with Crippen LogP contribution < -0.4 is 10.6 Å². The highest BCUT2D eigenvalue weighted by atomic mass is 32.1. The Morgan fingerprint density at radius 1 is 1.04 bits per heavy atom. The number of carbonyl (C=O) groups excluding carboxylic acids is 2. The molecule has 5 nitrogen and oxygen atoms in total. The van der Waals surface area contributed by atoms with E-state index in [1.807, 2.05) is 17.5 Å². The molecule has 2 heterocycles. The van der Waals surface area contributed by atoms with E-state index in [0.717, 1.165) is 17.1 Å². The number of nitrogens with one attached hydrogen (secondary N) is 2. The molecule has 3 amide bonds. The average molecular weight is 397 g/mol. The lowest BCUT2D eigenvalue weighted by Crippen LogP contribution is -2.43. The summed E-state index contributed by atoms with van der Waals surface area (Å²) in [6.07, 6.45) is -3.40. The van der Waals surface area contributed by atoms with Crippen LogP contribution in [0, 0.1) is 5.92 Å². The van der Waals surface area contributed by atoms with Gasteiger partial charge in [0.05, 0.1) is 10.6 Å². The Bertz CT molecular complexity index is 783. The Kier molecular flexibility index (Phi) is 5.69. The number of likely N-dealkylation sites (tertiary alicyclic amines) is 1. The quantitative estimate of drug-likeness (QED) is 0.792. The largest absolute Gasteiger partial charge is 0.416 e. The van der Waals surface area contributed by atoms with Gasteiger partial charge in [-0.15, -0.1) is 11.3 Å². The van der Waals surface area contributed by atoms with Gasteiger partial charge in [0.2, 0.25) is 5.91 Å². The molecule has 0 atom stereocenters. The van der Waals surface area contributed by atoms with E-state index in [2.05, 4.69) is 10.6 Å². The van der Waals surface area contributed by atoms with Crippen molar-refractivity contribution in [1.29, 1.82) is 0 Å². The van der Waals surface area contributed by atoms with Crippen LogP contribution in [0.25, 0.3) is 0 Å². The van der Waals surface area contributed by atoms with Crippen molar-refractivity contribution in [1.82, 2.24) is 4.90 Å². The lowest BCUT2D eigenvalue weighted by molar-refractivity contribution is -0.137. The minimum Gasteiger partial charge on any atom is -0.326 e. The standard InChI is InChI=1S/C18H18F3N3O2S/c19-18(20,21)13-3-5-14(6-4-13)22-16(25)12-7-9-24(10-8-12)17(26)23-15-2-1-11-27-15/h1-6,11-12H,7-10H2,(H,22,25)(H,23,26). The van der Waals surface area contributed by atoms with Crippen molar-refractivity contribution in [3.05, 3.63) is 47.3 Å².